The quantitative estimate of drug-likeness (QED) is 0.741. The average molecular weight is 204 g/mol. The molecule has 2 heterocycles. The molecule has 1 fully saturated rings. The molecular weight excluding hydrogens is 192 g/mol. The minimum atomic E-state index is 0.353. The first-order valence-corrected chi connectivity index (χ1v) is 5.19. The summed E-state index contributed by atoms with van der Waals surface area (Å²) in [6, 6.07) is 3.72. The molecule has 1 aliphatic rings. The number of rotatable bonds is 2. The van der Waals surface area contributed by atoms with E-state index in [1.165, 1.54) is 6.42 Å². The van der Waals surface area contributed by atoms with Gasteiger partial charge < -0.3 is 4.74 Å². The summed E-state index contributed by atoms with van der Waals surface area (Å²) in [5.74, 6) is 1.44. The molecule has 3 rings (SSSR count). The summed E-state index contributed by atoms with van der Waals surface area (Å²) >= 11 is 0. The molecule has 0 atom stereocenters. The summed E-state index contributed by atoms with van der Waals surface area (Å²) < 4.78 is 7.40. The van der Waals surface area contributed by atoms with E-state index in [1.807, 2.05) is 19.1 Å². The van der Waals surface area contributed by atoms with Crippen molar-refractivity contribution in [2.75, 3.05) is 0 Å². The van der Waals surface area contributed by atoms with Gasteiger partial charge >= 0.3 is 0 Å². The predicted molar refractivity (Wildman–Crippen MR) is 53.8 cm³/mol. The van der Waals surface area contributed by atoms with Crippen molar-refractivity contribution >= 4 is 5.65 Å². The molecule has 15 heavy (non-hydrogen) atoms. The number of hydrogen-bond donors (Lipinski definition) is 0. The maximum atomic E-state index is 5.70. The number of aromatic nitrogens is 4. The van der Waals surface area contributed by atoms with Crippen molar-refractivity contribution in [1.29, 1.82) is 0 Å². The van der Waals surface area contributed by atoms with Crippen LogP contribution < -0.4 is 4.74 Å². The Bertz CT molecular complexity index is 489. The van der Waals surface area contributed by atoms with Crippen molar-refractivity contribution in [2.45, 2.75) is 32.3 Å². The Labute approximate surface area is 87.1 Å². The van der Waals surface area contributed by atoms with Crippen LogP contribution in [-0.2, 0) is 0 Å². The fourth-order valence-electron chi connectivity index (χ4n) is 1.60. The number of aryl methyl sites for hydroxylation is 1. The van der Waals surface area contributed by atoms with Crippen LogP contribution in [0.1, 0.15) is 25.1 Å². The minimum Gasteiger partial charge on any atom is -0.473 e. The number of nitrogens with zero attached hydrogens (tertiary/aromatic N) is 4. The fourth-order valence-corrected chi connectivity index (χ4v) is 1.60. The van der Waals surface area contributed by atoms with E-state index in [0.29, 0.717) is 12.0 Å². The molecule has 1 aliphatic carbocycles. The van der Waals surface area contributed by atoms with Crippen LogP contribution in [0.25, 0.3) is 5.65 Å². The highest BCUT2D eigenvalue weighted by Gasteiger charge is 2.19. The lowest BCUT2D eigenvalue weighted by Crippen LogP contribution is -2.25. The first-order valence-electron chi connectivity index (χ1n) is 5.19. The van der Waals surface area contributed by atoms with Gasteiger partial charge in [-0.2, -0.15) is 4.52 Å². The summed E-state index contributed by atoms with van der Waals surface area (Å²) in [4.78, 5) is 0. The molecule has 78 valence electrons. The molecule has 5 heteroatoms. The molecule has 2 aromatic rings. The van der Waals surface area contributed by atoms with Gasteiger partial charge in [0, 0.05) is 6.07 Å². The highest BCUT2D eigenvalue weighted by Crippen LogP contribution is 2.23. The predicted octanol–water partition coefficient (Wildman–Crippen LogP) is 1.36. The number of hydrogen-bond acceptors (Lipinski definition) is 4. The summed E-state index contributed by atoms with van der Waals surface area (Å²) in [5.41, 5.74) is 0.758. The van der Waals surface area contributed by atoms with Gasteiger partial charge in [-0.15, -0.1) is 15.3 Å². The number of fused-ring (bicyclic) bond motifs is 1. The molecule has 0 spiro atoms. The third-order valence-corrected chi connectivity index (χ3v) is 2.73. The maximum absolute atomic E-state index is 5.70. The molecular formula is C10H12N4O. The lowest BCUT2D eigenvalue weighted by Gasteiger charge is -2.25. The van der Waals surface area contributed by atoms with Crippen LogP contribution in [0, 0.1) is 6.92 Å². The van der Waals surface area contributed by atoms with Crippen molar-refractivity contribution in [3.63, 3.8) is 0 Å². The molecule has 5 nitrogen and oxygen atoms in total. The normalized spacial score (nSPS) is 16.6. The third-order valence-electron chi connectivity index (χ3n) is 2.73. The van der Waals surface area contributed by atoms with E-state index in [2.05, 4.69) is 15.3 Å². The van der Waals surface area contributed by atoms with Gasteiger partial charge in [0.1, 0.15) is 6.10 Å². The summed E-state index contributed by atoms with van der Waals surface area (Å²) in [7, 11) is 0. The first kappa shape index (κ1) is 8.64. The zero-order valence-electron chi connectivity index (χ0n) is 8.55. The van der Waals surface area contributed by atoms with Gasteiger partial charge in [-0.3, -0.25) is 0 Å². The highest BCUT2D eigenvalue weighted by molar-refractivity contribution is 5.37. The maximum Gasteiger partial charge on any atom is 0.232 e. The number of ether oxygens (including phenoxy) is 1. The monoisotopic (exact) mass is 204 g/mol. The zero-order valence-corrected chi connectivity index (χ0v) is 8.55. The minimum absolute atomic E-state index is 0.353. The van der Waals surface area contributed by atoms with Gasteiger partial charge in [-0.1, -0.05) is 0 Å². The molecule has 2 aromatic heterocycles. The van der Waals surface area contributed by atoms with E-state index in [0.717, 1.165) is 24.3 Å². The molecule has 0 saturated heterocycles. The topological polar surface area (TPSA) is 52.3 Å². The van der Waals surface area contributed by atoms with E-state index >= 15 is 0 Å². The molecule has 0 radical (unpaired) electrons. The van der Waals surface area contributed by atoms with E-state index in [1.54, 1.807) is 4.52 Å². The first-order chi connectivity index (χ1) is 7.33. The van der Waals surface area contributed by atoms with Gasteiger partial charge in [-0.05, 0) is 32.3 Å². The van der Waals surface area contributed by atoms with E-state index in [-0.39, 0.29) is 0 Å². The van der Waals surface area contributed by atoms with Crippen molar-refractivity contribution in [3.8, 4) is 5.88 Å². The standard InChI is InChI=1S/C10H12N4O/c1-7-11-12-9-5-6-10(13-14(7)9)15-8-3-2-4-8/h5-6,8H,2-4H2,1H3. The van der Waals surface area contributed by atoms with Crippen molar-refractivity contribution < 1.29 is 4.74 Å². The van der Waals surface area contributed by atoms with Crippen LogP contribution in [-0.4, -0.2) is 25.9 Å². The Hall–Kier alpha value is -1.65. The van der Waals surface area contributed by atoms with Crippen LogP contribution in [0.5, 0.6) is 5.88 Å². The zero-order chi connectivity index (χ0) is 10.3. The summed E-state index contributed by atoms with van der Waals surface area (Å²) in [5, 5.41) is 12.2. The largest absolute Gasteiger partial charge is 0.473 e. The van der Waals surface area contributed by atoms with Crippen molar-refractivity contribution in [2.24, 2.45) is 0 Å². The van der Waals surface area contributed by atoms with Crippen LogP contribution in [0.2, 0.25) is 0 Å². The van der Waals surface area contributed by atoms with E-state index < -0.39 is 0 Å². The molecule has 0 amide bonds. The molecule has 0 N–H and O–H groups in total. The molecule has 0 aromatic carbocycles. The van der Waals surface area contributed by atoms with Gasteiger partial charge in [0.25, 0.3) is 0 Å². The smallest absolute Gasteiger partial charge is 0.232 e. The second-order valence-electron chi connectivity index (χ2n) is 3.86. The Kier molecular flexibility index (Phi) is 1.83. The molecule has 0 aliphatic heterocycles. The SMILES string of the molecule is Cc1nnc2ccc(OC3CCC3)nn12. The Morgan fingerprint density at radius 3 is 2.93 bits per heavy atom. The van der Waals surface area contributed by atoms with E-state index in [4.69, 9.17) is 4.74 Å². The molecule has 0 unspecified atom stereocenters. The van der Waals surface area contributed by atoms with Crippen molar-refractivity contribution in [3.05, 3.63) is 18.0 Å². The summed E-state index contributed by atoms with van der Waals surface area (Å²) in [6.45, 7) is 1.88. The van der Waals surface area contributed by atoms with E-state index in [9.17, 15) is 0 Å². The van der Waals surface area contributed by atoms with Crippen LogP contribution >= 0.6 is 0 Å². The lowest BCUT2D eigenvalue weighted by molar-refractivity contribution is 0.113. The lowest BCUT2D eigenvalue weighted by atomic mass is 9.96. The van der Waals surface area contributed by atoms with Crippen LogP contribution in [0.4, 0.5) is 0 Å². The fraction of sp³-hybridized carbons (Fsp3) is 0.500. The Morgan fingerprint density at radius 1 is 1.33 bits per heavy atom. The van der Waals surface area contributed by atoms with Crippen LogP contribution in [0.3, 0.4) is 0 Å². The molecule has 0 bridgehead atoms. The third kappa shape index (κ3) is 1.44. The Balaban J connectivity index is 1.93. The van der Waals surface area contributed by atoms with Crippen molar-refractivity contribution in [1.82, 2.24) is 19.8 Å². The highest BCUT2D eigenvalue weighted by atomic mass is 16.5. The van der Waals surface area contributed by atoms with Gasteiger partial charge in [-0.25, -0.2) is 0 Å². The summed E-state index contributed by atoms with van der Waals surface area (Å²) in [6.07, 6.45) is 3.90. The second kappa shape index (κ2) is 3.18. The second-order valence-corrected chi connectivity index (χ2v) is 3.86. The average Bonchev–Trinajstić information content (AvgIpc) is 2.55. The molecule has 1 saturated carbocycles. The van der Waals surface area contributed by atoms with Gasteiger partial charge in [0.2, 0.25) is 5.88 Å². The van der Waals surface area contributed by atoms with Gasteiger partial charge in [0.15, 0.2) is 11.5 Å². The van der Waals surface area contributed by atoms with Gasteiger partial charge in [0.05, 0.1) is 0 Å². The Morgan fingerprint density at radius 2 is 2.20 bits per heavy atom. The van der Waals surface area contributed by atoms with Crippen LogP contribution in [0.15, 0.2) is 12.1 Å².